The van der Waals surface area contributed by atoms with Gasteiger partial charge in [-0.05, 0) is 24.3 Å². The molecule has 5 nitrogen and oxygen atoms in total. The van der Waals surface area contributed by atoms with Crippen molar-refractivity contribution in [1.82, 2.24) is 10.2 Å². The van der Waals surface area contributed by atoms with Crippen molar-refractivity contribution in [3.63, 3.8) is 0 Å². The van der Waals surface area contributed by atoms with E-state index in [1.54, 1.807) is 13.0 Å². The van der Waals surface area contributed by atoms with Crippen molar-refractivity contribution in [2.75, 3.05) is 17.3 Å². The van der Waals surface area contributed by atoms with Crippen LogP contribution in [0, 0.1) is 0 Å². The number of carbonyl (C=O) groups excluding carboxylic acids is 1. The SMILES string of the molecule is CCC(=O)Nc1ccc(N(C)c2ccccc2)nn1. The zero-order valence-electron chi connectivity index (χ0n) is 11.0. The van der Waals surface area contributed by atoms with Crippen molar-refractivity contribution in [2.45, 2.75) is 13.3 Å². The molecular formula is C14H16N4O. The number of nitrogens with one attached hydrogen (secondary N) is 1. The summed E-state index contributed by atoms with van der Waals surface area (Å²) in [5.41, 5.74) is 1.03. The lowest BCUT2D eigenvalue weighted by atomic mass is 10.3. The third-order valence-electron chi connectivity index (χ3n) is 2.73. The van der Waals surface area contributed by atoms with Gasteiger partial charge in [0.05, 0.1) is 0 Å². The second-order valence-corrected chi connectivity index (χ2v) is 4.07. The molecule has 1 aromatic carbocycles. The molecule has 19 heavy (non-hydrogen) atoms. The van der Waals surface area contributed by atoms with E-state index < -0.39 is 0 Å². The summed E-state index contributed by atoms with van der Waals surface area (Å²) >= 11 is 0. The molecule has 1 N–H and O–H groups in total. The van der Waals surface area contributed by atoms with Crippen molar-refractivity contribution < 1.29 is 4.79 Å². The van der Waals surface area contributed by atoms with Crippen molar-refractivity contribution in [3.8, 4) is 0 Å². The molecule has 1 aromatic heterocycles. The maximum Gasteiger partial charge on any atom is 0.225 e. The van der Waals surface area contributed by atoms with Crippen molar-refractivity contribution in [1.29, 1.82) is 0 Å². The first-order valence-electron chi connectivity index (χ1n) is 6.13. The molecule has 0 aliphatic rings. The normalized spacial score (nSPS) is 10.0. The molecule has 0 aliphatic heterocycles. The van der Waals surface area contributed by atoms with Gasteiger partial charge < -0.3 is 10.2 Å². The first kappa shape index (κ1) is 13.0. The Balaban J connectivity index is 2.12. The van der Waals surface area contributed by atoms with E-state index in [9.17, 15) is 4.79 Å². The molecule has 0 aliphatic carbocycles. The Hall–Kier alpha value is -2.43. The van der Waals surface area contributed by atoms with Crippen LogP contribution in [0.4, 0.5) is 17.3 Å². The standard InChI is InChI=1S/C14H16N4O/c1-3-14(19)15-12-9-10-13(17-16-12)18(2)11-7-5-4-6-8-11/h4-10H,3H2,1-2H3,(H,15,16,19). The van der Waals surface area contributed by atoms with Crippen LogP contribution in [0.25, 0.3) is 0 Å². The molecule has 1 amide bonds. The number of benzene rings is 1. The van der Waals surface area contributed by atoms with Gasteiger partial charge in [-0.1, -0.05) is 25.1 Å². The number of nitrogens with zero attached hydrogens (tertiary/aromatic N) is 3. The number of rotatable bonds is 4. The lowest BCUT2D eigenvalue weighted by Crippen LogP contribution is -2.14. The molecule has 0 spiro atoms. The van der Waals surface area contributed by atoms with Crippen molar-refractivity contribution in [2.24, 2.45) is 0 Å². The largest absolute Gasteiger partial charge is 0.328 e. The highest BCUT2D eigenvalue weighted by molar-refractivity contribution is 5.89. The van der Waals surface area contributed by atoms with Gasteiger partial charge in [0, 0.05) is 19.2 Å². The molecule has 2 aromatic rings. The number of aromatic nitrogens is 2. The monoisotopic (exact) mass is 256 g/mol. The number of hydrogen-bond donors (Lipinski definition) is 1. The van der Waals surface area contributed by atoms with E-state index in [0.29, 0.717) is 12.2 Å². The minimum absolute atomic E-state index is 0.0709. The zero-order chi connectivity index (χ0) is 13.7. The third kappa shape index (κ3) is 3.28. The summed E-state index contributed by atoms with van der Waals surface area (Å²) in [5, 5.41) is 10.8. The summed E-state index contributed by atoms with van der Waals surface area (Å²) < 4.78 is 0. The second-order valence-electron chi connectivity index (χ2n) is 4.07. The minimum Gasteiger partial charge on any atom is -0.328 e. The molecule has 5 heteroatoms. The molecule has 0 radical (unpaired) electrons. The Labute approximate surface area is 112 Å². The molecule has 1 heterocycles. The van der Waals surface area contributed by atoms with Crippen LogP contribution in [0.1, 0.15) is 13.3 Å². The lowest BCUT2D eigenvalue weighted by Gasteiger charge is -2.17. The van der Waals surface area contributed by atoms with Gasteiger partial charge in [-0.25, -0.2) is 0 Å². The van der Waals surface area contributed by atoms with Crippen LogP contribution >= 0.6 is 0 Å². The van der Waals surface area contributed by atoms with E-state index in [1.165, 1.54) is 0 Å². The van der Waals surface area contributed by atoms with Crippen LogP contribution in [0.2, 0.25) is 0 Å². The summed E-state index contributed by atoms with van der Waals surface area (Å²) in [6, 6.07) is 13.5. The van der Waals surface area contributed by atoms with E-state index in [2.05, 4.69) is 15.5 Å². The Bertz CT molecular complexity index is 539. The molecule has 0 saturated heterocycles. The molecule has 0 fully saturated rings. The minimum atomic E-state index is -0.0709. The maximum atomic E-state index is 11.2. The van der Waals surface area contributed by atoms with E-state index in [0.717, 1.165) is 11.5 Å². The number of anilines is 3. The molecular weight excluding hydrogens is 240 g/mol. The average molecular weight is 256 g/mol. The first-order valence-corrected chi connectivity index (χ1v) is 6.13. The highest BCUT2D eigenvalue weighted by Crippen LogP contribution is 2.20. The maximum absolute atomic E-state index is 11.2. The predicted octanol–water partition coefficient (Wildman–Crippen LogP) is 2.59. The van der Waals surface area contributed by atoms with Gasteiger partial charge >= 0.3 is 0 Å². The summed E-state index contributed by atoms with van der Waals surface area (Å²) in [4.78, 5) is 13.2. The van der Waals surface area contributed by atoms with E-state index in [-0.39, 0.29) is 5.91 Å². The number of carbonyl (C=O) groups is 1. The smallest absolute Gasteiger partial charge is 0.225 e. The Morgan fingerprint density at radius 3 is 2.47 bits per heavy atom. The van der Waals surface area contributed by atoms with Gasteiger partial charge in [-0.15, -0.1) is 10.2 Å². The van der Waals surface area contributed by atoms with Crippen LogP contribution in [-0.2, 0) is 4.79 Å². The first-order chi connectivity index (χ1) is 9.20. The van der Waals surface area contributed by atoms with Gasteiger partial charge in [-0.3, -0.25) is 4.79 Å². The van der Waals surface area contributed by atoms with E-state index in [4.69, 9.17) is 0 Å². The number of hydrogen-bond acceptors (Lipinski definition) is 4. The average Bonchev–Trinajstić information content (AvgIpc) is 2.48. The van der Waals surface area contributed by atoms with E-state index >= 15 is 0 Å². The van der Waals surface area contributed by atoms with Crippen molar-refractivity contribution >= 4 is 23.2 Å². The van der Waals surface area contributed by atoms with Gasteiger partial charge in [0.25, 0.3) is 0 Å². The van der Waals surface area contributed by atoms with Crippen molar-refractivity contribution in [3.05, 3.63) is 42.5 Å². The van der Waals surface area contributed by atoms with Crippen LogP contribution in [0.3, 0.4) is 0 Å². The Morgan fingerprint density at radius 2 is 1.89 bits per heavy atom. The number of amides is 1. The van der Waals surface area contributed by atoms with Crippen LogP contribution in [0.15, 0.2) is 42.5 Å². The van der Waals surface area contributed by atoms with Crippen LogP contribution in [-0.4, -0.2) is 23.2 Å². The summed E-state index contributed by atoms with van der Waals surface area (Å²) in [5.74, 6) is 1.12. The van der Waals surface area contributed by atoms with Gasteiger partial charge in [-0.2, -0.15) is 0 Å². The molecule has 98 valence electrons. The fourth-order valence-corrected chi connectivity index (χ4v) is 1.59. The highest BCUT2D eigenvalue weighted by Gasteiger charge is 2.06. The Morgan fingerprint density at radius 1 is 1.16 bits per heavy atom. The fourth-order valence-electron chi connectivity index (χ4n) is 1.59. The topological polar surface area (TPSA) is 58.1 Å². The third-order valence-corrected chi connectivity index (χ3v) is 2.73. The highest BCUT2D eigenvalue weighted by atomic mass is 16.1. The number of para-hydroxylation sites is 1. The molecule has 0 saturated carbocycles. The lowest BCUT2D eigenvalue weighted by molar-refractivity contribution is -0.115. The summed E-state index contributed by atoms with van der Waals surface area (Å²) in [6.45, 7) is 1.79. The predicted molar refractivity (Wildman–Crippen MR) is 75.5 cm³/mol. The van der Waals surface area contributed by atoms with Gasteiger partial charge in [0.1, 0.15) is 0 Å². The molecule has 0 atom stereocenters. The summed E-state index contributed by atoms with van der Waals surface area (Å²) in [7, 11) is 1.92. The molecule has 2 rings (SSSR count). The van der Waals surface area contributed by atoms with Gasteiger partial charge in [0.15, 0.2) is 11.6 Å². The Kier molecular flexibility index (Phi) is 4.07. The molecule has 0 unspecified atom stereocenters. The van der Waals surface area contributed by atoms with E-state index in [1.807, 2.05) is 48.3 Å². The zero-order valence-corrected chi connectivity index (χ0v) is 11.0. The van der Waals surface area contributed by atoms with Crippen LogP contribution < -0.4 is 10.2 Å². The molecule has 0 bridgehead atoms. The fraction of sp³-hybridized carbons (Fsp3) is 0.214. The van der Waals surface area contributed by atoms with Crippen LogP contribution in [0.5, 0.6) is 0 Å². The quantitative estimate of drug-likeness (QED) is 0.913. The second kappa shape index (κ2) is 5.95. The summed E-state index contributed by atoms with van der Waals surface area (Å²) in [6.07, 6.45) is 0.424. The van der Waals surface area contributed by atoms with Gasteiger partial charge in [0.2, 0.25) is 5.91 Å².